The van der Waals surface area contributed by atoms with E-state index in [-0.39, 0.29) is 0 Å². The number of aliphatic hydroxyl groups excluding tert-OH is 1. The van der Waals surface area contributed by atoms with Gasteiger partial charge in [0.1, 0.15) is 0 Å². The number of ether oxygens (including phenoxy) is 1. The number of carbonyl (C=O) groups excluding carboxylic acids is 1. The maximum atomic E-state index is 10.9. The molecule has 4 heteroatoms. The molecule has 0 saturated carbocycles. The fraction of sp³-hybridized carbons (Fsp3) is 0.222. The first kappa shape index (κ1) is 9.70. The molecule has 1 aromatic carbocycles. The summed E-state index contributed by atoms with van der Waals surface area (Å²) in [5, 5.41) is 17.5. The van der Waals surface area contributed by atoms with Crippen molar-refractivity contribution in [3.05, 3.63) is 35.4 Å². The van der Waals surface area contributed by atoms with Crippen LogP contribution in [-0.2, 0) is 4.74 Å². The molecule has 0 heterocycles. The zero-order valence-corrected chi connectivity index (χ0v) is 7.10. The van der Waals surface area contributed by atoms with Gasteiger partial charge in [-0.25, -0.2) is 4.79 Å². The molecule has 0 aliphatic heterocycles. The molecule has 2 N–H and O–H groups in total. The number of hydrogen-bond donors (Lipinski definition) is 2. The first-order valence-corrected chi connectivity index (χ1v) is 3.69. The summed E-state index contributed by atoms with van der Waals surface area (Å²) in [6, 6.07) is 5.86. The van der Waals surface area contributed by atoms with E-state index in [1.54, 1.807) is 0 Å². The van der Waals surface area contributed by atoms with Crippen molar-refractivity contribution in [1.29, 1.82) is 0 Å². The highest BCUT2D eigenvalue weighted by atomic mass is 16.5. The largest absolute Gasteiger partial charge is 0.465 e. The lowest BCUT2D eigenvalue weighted by Crippen LogP contribution is -2.02. The molecule has 1 rings (SSSR count). The fourth-order valence-electron chi connectivity index (χ4n) is 0.909. The van der Waals surface area contributed by atoms with Crippen molar-refractivity contribution in [2.24, 2.45) is 0 Å². The molecule has 0 atom stereocenters. The summed E-state index contributed by atoms with van der Waals surface area (Å²) in [5.41, 5.74) is 0.722. The number of hydrogen-bond acceptors (Lipinski definition) is 4. The third kappa shape index (κ3) is 2.27. The highest BCUT2D eigenvalue weighted by Gasteiger charge is 2.06. The SMILES string of the molecule is COC(=O)c1ccc(C(O)O)cc1. The van der Waals surface area contributed by atoms with Crippen LogP contribution in [0.1, 0.15) is 22.2 Å². The first-order chi connectivity index (χ1) is 6.15. The highest BCUT2D eigenvalue weighted by Crippen LogP contribution is 2.11. The minimum atomic E-state index is -1.51. The molecule has 0 radical (unpaired) electrons. The van der Waals surface area contributed by atoms with E-state index in [0.717, 1.165) is 0 Å². The van der Waals surface area contributed by atoms with Gasteiger partial charge in [0, 0.05) is 5.56 Å². The Kier molecular flexibility index (Phi) is 3.00. The molecule has 0 spiro atoms. The van der Waals surface area contributed by atoms with Gasteiger partial charge in [0.05, 0.1) is 12.7 Å². The standard InChI is InChI=1S/C9H10O4/c1-13-9(12)7-4-2-6(3-5-7)8(10)11/h2-5,8,10-11H,1H3. The predicted molar refractivity (Wildman–Crippen MR) is 45.0 cm³/mol. The second kappa shape index (κ2) is 4.02. The Labute approximate surface area is 75.4 Å². The normalized spacial score (nSPS) is 10.2. The molecule has 70 valence electrons. The summed E-state index contributed by atoms with van der Waals surface area (Å²) >= 11 is 0. The Morgan fingerprint density at radius 2 is 1.85 bits per heavy atom. The molecule has 0 unspecified atom stereocenters. The molecule has 4 nitrogen and oxygen atoms in total. The van der Waals surface area contributed by atoms with E-state index in [2.05, 4.69) is 4.74 Å². The number of aliphatic hydroxyl groups is 2. The van der Waals surface area contributed by atoms with Gasteiger partial charge in [0.2, 0.25) is 0 Å². The van der Waals surface area contributed by atoms with Gasteiger partial charge in [-0.2, -0.15) is 0 Å². The van der Waals surface area contributed by atoms with E-state index in [1.807, 2.05) is 0 Å². The summed E-state index contributed by atoms with van der Waals surface area (Å²) in [6.07, 6.45) is -1.51. The highest BCUT2D eigenvalue weighted by molar-refractivity contribution is 5.89. The number of rotatable bonds is 2. The van der Waals surface area contributed by atoms with Gasteiger partial charge in [-0.3, -0.25) is 0 Å². The summed E-state index contributed by atoms with van der Waals surface area (Å²) in [7, 11) is 1.29. The van der Waals surface area contributed by atoms with E-state index in [1.165, 1.54) is 31.4 Å². The molecule has 0 saturated heterocycles. The molecular weight excluding hydrogens is 172 g/mol. The van der Waals surface area contributed by atoms with Crippen LogP contribution < -0.4 is 0 Å². The number of benzene rings is 1. The van der Waals surface area contributed by atoms with Crippen LogP contribution in [-0.4, -0.2) is 23.3 Å². The lowest BCUT2D eigenvalue weighted by atomic mass is 10.1. The van der Waals surface area contributed by atoms with Crippen LogP contribution in [0.3, 0.4) is 0 Å². The Balaban J connectivity index is 2.87. The van der Waals surface area contributed by atoms with Crippen molar-refractivity contribution in [2.75, 3.05) is 7.11 Å². The smallest absolute Gasteiger partial charge is 0.337 e. The average Bonchev–Trinajstić information content (AvgIpc) is 2.17. The maximum Gasteiger partial charge on any atom is 0.337 e. The van der Waals surface area contributed by atoms with Crippen LogP contribution in [0.15, 0.2) is 24.3 Å². The average molecular weight is 182 g/mol. The summed E-state index contributed by atoms with van der Waals surface area (Å²) < 4.78 is 4.47. The first-order valence-electron chi connectivity index (χ1n) is 3.69. The topological polar surface area (TPSA) is 66.8 Å². The second-order valence-corrected chi connectivity index (χ2v) is 2.49. The Bertz CT molecular complexity index is 289. The second-order valence-electron chi connectivity index (χ2n) is 2.49. The van der Waals surface area contributed by atoms with Crippen LogP contribution in [0.4, 0.5) is 0 Å². The van der Waals surface area contributed by atoms with Crippen LogP contribution in [0.5, 0.6) is 0 Å². The predicted octanol–water partition coefficient (Wildman–Crippen LogP) is 0.456. The quantitative estimate of drug-likeness (QED) is 0.515. The zero-order valence-electron chi connectivity index (χ0n) is 7.10. The van der Waals surface area contributed by atoms with Gasteiger partial charge >= 0.3 is 5.97 Å². The summed E-state index contributed by atoms with van der Waals surface area (Å²) in [4.78, 5) is 10.9. The van der Waals surface area contributed by atoms with Gasteiger partial charge in [0.25, 0.3) is 0 Å². The Morgan fingerprint density at radius 3 is 2.23 bits per heavy atom. The molecule has 0 aliphatic carbocycles. The van der Waals surface area contributed by atoms with Crippen molar-refractivity contribution < 1.29 is 19.7 Å². The molecule has 0 aliphatic rings. The minimum absolute atomic E-state index is 0.340. The van der Waals surface area contributed by atoms with Crippen LogP contribution in [0.2, 0.25) is 0 Å². The fourth-order valence-corrected chi connectivity index (χ4v) is 0.909. The van der Waals surface area contributed by atoms with E-state index in [4.69, 9.17) is 10.2 Å². The summed E-state index contributed by atoms with van der Waals surface area (Å²) in [5.74, 6) is -0.445. The molecule has 0 bridgehead atoms. The third-order valence-corrected chi connectivity index (χ3v) is 1.63. The zero-order chi connectivity index (χ0) is 9.84. The molecule has 1 aromatic rings. The van der Waals surface area contributed by atoms with Gasteiger partial charge in [-0.05, 0) is 12.1 Å². The Hall–Kier alpha value is -1.39. The molecule has 0 amide bonds. The van der Waals surface area contributed by atoms with E-state index in [9.17, 15) is 4.79 Å². The van der Waals surface area contributed by atoms with Crippen molar-refractivity contribution in [3.63, 3.8) is 0 Å². The van der Waals surface area contributed by atoms with Crippen molar-refractivity contribution in [2.45, 2.75) is 6.29 Å². The minimum Gasteiger partial charge on any atom is -0.465 e. The van der Waals surface area contributed by atoms with Crippen molar-refractivity contribution >= 4 is 5.97 Å². The third-order valence-electron chi connectivity index (χ3n) is 1.63. The van der Waals surface area contributed by atoms with Crippen LogP contribution in [0, 0.1) is 0 Å². The van der Waals surface area contributed by atoms with E-state index >= 15 is 0 Å². The number of methoxy groups -OCH3 is 1. The van der Waals surface area contributed by atoms with Crippen LogP contribution in [0.25, 0.3) is 0 Å². The number of carbonyl (C=O) groups is 1. The molecular formula is C9H10O4. The van der Waals surface area contributed by atoms with E-state index < -0.39 is 12.3 Å². The van der Waals surface area contributed by atoms with Gasteiger partial charge in [0.15, 0.2) is 6.29 Å². The van der Waals surface area contributed by atoms with Crippen molar-refractivity contribution in [1.82, 2.24) is 0 Å². The summed E-state index contributed by atoms with van der Waals surface area (Å²) in [6.45, 7) is 0. The maximum absolute atomic E-state index is 10.9. The van der Waals surface area contributed by atoms with E-state index in [0.29, 0.717) is 11.1 Å². The monoisotopic (exact) mass is 182 g/mol. The lowest BCUT2D eigenvalue weighted by molar-refractivity contribution is -0.0425. The van der Waals surface area contributed by atoms with Gasteiger partial charge < -0.3 is 14.9 Å². The lowest BCUT2D eigenvalue weighted by Gasteiger charge is -2.03. The molecule has 13 heavy (non-hydrogen) atoms. The van der Waals surface area contributed by atoms with Crippen molar-refractivity contribution in [3.8, 4) is 0 Å². The van der Waals surface area contributed by atoms with Gasteiger partial charge in [-0.15, -0.1) is 0 Å². The number of esters is 1. The van der Waals surface area contributed by atoms with Gasteiger partial charge in [-0.1, -0.05) is 12.1 Å². The Morgan fingerprint density at radius 1 is 1.31 bits per heavy atom. The van der Waals surface area contributed by atoms with Crippen LogP contribution >= 0.6 is 0 Å². The molecule has 0 aromatic heterocycles. The molecule has 0 fully saturated rings.